The van der Waals surface area contributed by atoms with Gasteiger partial charge in [-0.05, 0) is 0 Å². The molecular formula is C2H6NV. The Labute approximate surface area is 36.2 Å². The van der Waals surface area contributed by atoms with Gasteiger partial charge in [0.25, 0.3) is 0 Å². The summed E-state index contributed by atoms with van der Waals surface area (Å²) in [5.41, 5.74) is 0. The van der Waals surface area contributed by atoms with Crippen molar-refractivity contribution < 1.29 is 17.7 Å². The predicted molar refractivity (Wildman–Crippen MR) is 13.7 cm³/mol. The maximum absolute atomic E-state index is 2.37. The fourth-order valence-corrected chi connectivity index (χ4v) is 0. The van der Waals surface area contributed by atoms with Gasteiger partial charge in [-0.1, -0.05) is 0 Å². The van der Waals surface area contributed by atoms with E-state index in [1.54, 1.807) is 0 Å². The quantitative estimate of drug-likeness (QED) is 0.409. The first-order valence-electron chi connectivity index (χ1n) is 1.09. The van der Waals surface area contributed by atoms with Crippen LogP contribution in [0.15, 0.2) is 0 Å². The van der Waals surface area contributed by atoms with Crippen LogP contribution in [0.2, 0.25) is 0 Å². The Bertz CT molecular complexity index is 10.8. The van der Waals surface area contributed by atoms with Crippen molar-refractivity contribution >= 4 is 0 Å². The van der Waals surface area contributed by atoms with Gasteiger partial charge < -0.3 is 0 Å². The molecule has 0 saturated carbocycles. The monoisotopic (exact) mass is 95.0 g/mol. The number of rotatable bonds is 0. The normalized spacial score (nSPS) is 8.75. The number of hydrogen-bond donors (Lipinski definition) is 0. The molecule has 1 nitrogen and oxygen atoms in total. The molecule has 4 heavy (non-hydrogen) atoms. The molecule has 0 spiro atoms. The molecule has 0 amide bonds. The van der Waals surface area contributed by atoms with Crippen LogP contribution in [-0.4, -0.2) is 17.8 Å². The van der Waals surface area contributed by atoms with Crippen molar-refractivity contribution in [3.05, 3.63) is 0 Å². The van der Waals surface area contributed by atoms with Crippen LogP contribution in [0.4, 0.5) is 0 Å². The van der Waals surface area contributed by atoms with Crippen LogP contribution in [0, 0.1) is 0 Å². The van der Waals surface area contributed by atoms with E-state index in [4.69, 9.17) is 0 Å². The molecule has 0 aliphatic carbocycles. The summed E-state index contributed by atoms with van der Waals surface area (Å²) in [7, 11) is 3.94. The molecule has 0 radical (unpaired) electrons. The topological polar surface area (TPSA) is 3.24 Å². The van der Waals surface area contributed by atoms with Crippen molar-refractivity contribution in [3.8, 4) is 0 Å². The SMILES string of the molecule is C[N](C)[V]. The molecule has 0 N–H and O–H groups in total. The maximum atomic E-state index is 2.37. The summed E-state index contributed by atoms with van der Waals surface area (Å²) in [5.74, 6) is 0. The summed E-state index contributed by atoms with van der Waals surface area (Å²) >= 11 is 2.37. The molecule has 0 saturated heterocycles. The molecule has 0 aromatic carbocycles. The van der Waals surface area contributed by atoms with Crippen LogP contribution in [-0.2, 0) is 17.7 Å². The standard InChI is InChI=1S/C2H6N.V/c1-3-2;/h1-2H3;/q-1;+1. The summed E-state index contributed by atoms with van der Waals surface area (Å²) in [6.45, 7) is 0. The summed E-state index contributed by atoms with van der Waals surface area (Å²) in [6, 6.07) is 0. The van der Waals surface area contributed by atoms with Crippen LogP contribution in [0.3, 0.4) is 0 Å². The molecule has 0 aliphatic heterocycles. The summed E-state index contributed by atoms with van der Waals surface area (Å²) < 4.78 is 1.94. The van der Waals surface area contributed by atoms with Gasteiger partial charge in [-0.15, -0.1) is 0 Å². The first-order valence-corrected chi connectivity index (χ1v) is 1.72. The molecule has 2 heteroatoms. The second kappa shape index (κ2) is 1.83. The minimum atomic E-state index is 1.94. The Morgan fingerprint density at radius 3 is 1.50 bits per heavy atom. The Morgan fingerprint density at radius 1 is 1.50 bits per heavy atom. The molecule has 0 aliphatic rings. The molecule has 0 atom stereocenters. The van der Waals surface area contributed by atoms with Crippen molar-refractivity contribution in [2.24, 2.45) is 0 Å². The van der Waals surface area contributed by atoms with Crippen LogP contribution in [0.5, 0.6) is 0 Å². The molecule has 0 aromatic heterocycles. The third-order valence-corrected chi connectivity index (χ3v) is 0. The van der Waals surface area contributed by atoms with E-state index in [9.17, 15) is 0 Å². The van der Waals surface area contributed by atoms with Crippen LogP contribution in [0.1, 0.15) is 0 Å². The van der Waals surface area contributed by atoms with Crippen molar-refractivity contribution in [1.82, 2.24) is 3.75 Å². The molecule has 0 aromatic rings. The van der Waals surface area contributed by atoms with E-state index in [0.717, 1.165) is 0 Å². The Morgan fingerprint density at radius 2 is 1.50 bits per heavy atom. The Kier molecular flexibility index (Phi) is 2.08. The number of hydrogen-bond acceptors (Lipinski definition) is 1. The molecule has 24 valence electrons. The molecule has 0 rings (SSSR count). The predicted octanol–water partition coefficient (Wildman–Crippen LogP) is 0.00980. The zero-order valence-electron chi connectivity index (χ0n) is 2.89. The molecule has 0 heterocycles. The molecule has 0 unspecified atom stereocenters. The van der Waals surface area contributed by atoms with Crippen LogP contribution in [0.25, 0.3) is 0 Å². The fraction of sp³-hybridized carbons (Fsp3) is 1.00. The fourth-order valence-electron chi connectivity index (χ4n) is 0. The first-order chi connectivity index (χ1) is 1.73. The molecule has 0 fully saturated rings. The Balaban J connectivity index is 2.32. The van der Waals surface area contributed by atoms with Gasteiger partial charge in [0.1, 0.15) is 0 Å². The Hall–Kier alpha value is 0.544. The van der Waals surface area contributed by atoms with Gasteiger partial charge in [-0.2, -0.15) is 0 Å². The third kappa shape index (κ3) is 20.5. The second-order valence-electron chi connectivity index (χ2n) is 0.847. The third-order valence-electron chi connectivity index (χ3n) is 0. The average molecular weight is 95.0 g/mol. The van der Waals surface area contributed by atoms with Gasteiger partial charge in [0.2, 0.25) is 0 Å². The summed E-state index contributed by atoms with van der Waals surface area (Å²) in [5, 5.41) is 0. The van der Waals surface area contributed by atoms with Gasteiger partial charge in [0, 0.05) is 0 Å². The van der Waals surface area contributed by atoms with Gasteiger partial charge >= 0.3 is 35.5 Å². The first kappa shape index (κ1) is 4.54. The van der Waals surface area contributed by atoms with Crippen molar-refractivity contribution in [2.75, 3.05) is 14.1 Å². The van der Waals surface area contributed by atoms with Gasteiger partial charge in [-0.3, -0.25) is 0 Å². The van der Waals surface area contributed by atoms with E-state index < -0.39 is 0 Å². The van der Waals surface area contributed by atoms with Crippen molar-refractivity contribution in [2.45, 2.75) is 0 Å². The van der Waals surface area contributed by atoms with E-state index >= 15 is 0 Å². The van der Waals surface area contributed by atoms with E-state index in [1.807, 2.05) is 17.8 Å². The second-order valence-corrected chi connectivity index (χ2v) is 2.10. The zero-order chi connectivity index (χ0) is 3.58. The molecule has 0 bridgehead atoms. The van der Waals surface area contributed by atoms with Gasteiger partial charge in [0.05, 0.1) is 0 Å². The van der Waals surface area contributed by atoms with Crippen LogP contribution >= 0.6 is 0 Å². The van der Waals surface area contributed by atoms with E-state index in [-0.39, 0.29) is 0 Å². The summed E-state index contributed by atoms with van der Waals surface area (Å²) in [4.78, 5) is 0. The van der Waals surface area contributed by atoms with Crippen molar-refractivity contribution in [3.63, 3.8) is 0 Å². The van der Waals surface area contributed by atoms with Crippen LogP contribution < -0.4 is 0 Å². The van der Waals surface area contributed by atoms with E-state index in [0.29, 0.717) is 0 Å². The van der Waals surface area contributed by atoms with Gasteiger partial charge in [-0.25, -0.2) is 0 Å². The zero-order valence-corrected chi connectivity index (χ0v) is 4.29. The molecular weight excluding hydrogens is 89.0 g/mol. The minimum absolute atomic E-state index is 1.94. The average Bonchev–Trinajstić information content (AvgIpc) is 0.811. The van der Waals surface area contributed by atoms with E-state index in [2.05, 4.69) is 17.7 Å². The van der Waals surface area contributed by atoms with Crippen molar-refractivity contribution in [1.29, 1.82) is 0 Å². The van der Waals surface area contributed by atoms with Gasteiger partial charge in [0.15, 0.2) is 0 Å². The van der Waals surface area contributed by atoms with E-state index in [1.165, 1.54) is 0 Å². The summed E-state index contributed by atoms with van der Waals surface area (Å²) in [6.07, 6.45) is 0. The number of nitrogens with zero attached hydrogens (tertiary/aromatic N) is 1.